The second-order valence-electron chi connectivity index (χ2n) is 3.87. The number of rotatable bonds is 8. The van der Waals surface area contributed by atoms with Crippen molar-refractivity contribution in [3.8, 4) is 5.75 Å². The molecule has 0 spiro atoms. The molecule has 1 aromatic rings. The molecule has 0 saturated carbocycles. The van der Waals surface area contributed by atoms with Crippen molar-refractivity contribution in [3.63, 3.8) is 0 Å². The molecule has 0 fully saturated rings. The molecule has 0 atom stereocenters. The third kappa shape index (κ3) is 5.98. The number of hydrogen-bond acceptors (Lipinski definition) is 4. The van der Waals surface area contributed by atoms with Gasteiger partial charge >= 0.3 is 5.97 Å². The number of nitrogens with zero attached hydrogens (tertiary/aromatic N) is 2. The topological polar surface area (TPSA) is 71.2 Å². The van der Waals surface area contributed by atoms with Gasteiger partial charge in [0.05, 0.1) is 19.3 Å². The van der Waals surface area contributed by atoms with E-state index in [0.717, 1.165) is 24.3 Å². The molecule has 1 aromatic carbocycles. The van der Waals surface area contributed by atoms with Gasteiger partial charge in [-0.25, -0.2) is 0 Å². The third-order valence-electron chi connectivity index (χ3n) is 2.41. The predicted octanol–water partition coefficient (Wildman–Crippen LogP) is 3.42. The summed E-state index contributed by atoms with van der Waals surface area (Å²) in [6, 6.07) is 7.35. The van der Waals surface area contributed by atoms with Crippen molar-refractivity contribution in [3.05, 3.63) is 24.3 Å². The van der Waals surface area contributed by atoms with Crippen molar-refractivity contribution in [2.24, 2.45) is 10.2 Å². The minimum Gasteiger partial charge on any atom is -0.497 e. The van der Waals surface area contributed by atoms with Crippen molar-refractivity contribution >= 4 is 11.7 Å². The quantitative estimate of drug-likeness (QED) is 0.567. The van der Waals surface area contributed by atoms with Gasteiger partial charge in [-0.3, -0.25) is 4.79 Å². The number of carboxylic acid groups (broad SMARTS) is 1. The molecular weight excluding hydrogens is 232 g/mol. The molecule has 5 nitrogen and oxygen atoms in total. The van der Waals surface area contributed by atoms with E-state index in [-0.39, 0.29) is 6.42 Å². The van der Waals surface area contributed by atoms with Gasteiger partial charge in [-0.15, -0.1) is 0 Å². The number of azo groups is 1. The second kappa shape index (κ2) is 8.22. The van der Waals surface area contributed by atoms with Crippen LogP contribution in [0.4, 0.5) is 5.69 Å². The van der Waals surface area contributed by atoms with Gasteiger partial charge in [0, 0.05) is 6.42 Å². The highest BCUT2D eigenvalue weighted by Gasteiger charge is 1.95. The number of hydrogen-bond donors (Lipinski definition) is 1. The fourth-order valence-electron chi connectivity index (χ4n) is 1.42. The summed E-state index contributed by atoms with van der Waals surface area (Å²) in [6.45, 7) is 0.631. The zero-order valence-electron chi connectivity index (χ0n) is 10.5. The molecule has 5 heteroatoms. The summed E-state index contributed by atoms with van der Waals surface area (Å²) in [7, 11) is 1.62. The molecule has 0 unspecified atom stereocenters. The Kier molecular flexibility index (Phi) is 6.46. The SMILES string of the molecule is COc1ccc(N=NCCCCCC(=O)O)cc1. The molecule has 0 heterocycles. The van der Waals surface area contributed by atoms with E-state index in [1.807, 2.05) is 24.3 Å². The molecule has 0 bridgehead atoms. The van der Waals surface area contributed by atoms with Crippen LogP contribution in [0.15, 0.2) is 34.5 Å². The second-order valence-corrected chi connectivity index (χ2v) is 3.87. The van der Waals surface area contributed by atoms with Crippen LogP contribution in [0.5, 0.6) is 5.75 Å². The summed E-state index contributed by atoms with van der Waals surface area (Å²) in [6.07, 6.45) is 2.67. The average Bonchev–Trinajstić information content (AvgIpc) is 2.38. The van der Waals surface area contributed by atoms with Crippen molar-refractivity contribution in [2.75, 3.05) is 13.7 Å². The van der Waals surface area contributed by atoms with E-state index in [9.17, 15) is 4.79 Å². The normalized spacial score (nSPS) is 10.7. The van der Waals surface area contributed by atoms with Crippen LogP contribution >= 0.6 is 0 Å². The Morgan fingerprint density at radius 1 is 1.22 bits per heavy atom. The number of methoxy groups -OCH3 is 1. The molecular formula is C13H18N2O3. The van der Waals surface area contributed by atoms with Gasteiger partial charge < -0.3 is 9.84 Å². The molecule has 1 rings (SSSR count). The van der Waals surface area contributed by atoms with Crippen LogP contribution in [0.25, 0.3) is 0 Å². The Hall–Kier alpha value is -1.91. The number of benzene rings is 1. The molecule has 0 aliphatic heterocycles. The Morgan fingerprint density at radius 2 is 1.94 bits per heavy atom. The van der Waals surface area contributed by atoms with Crippen molar-refractivity contribution in [2.45, 2.75) is 25.7 Å². The standard InChI is InChI=1S/C13H18N2O3/c1-18-12-8-6-11(7-9-12)15-14-10-4-2-3-5-13(16)17/h6-9H,2-5,10H2,1H3,(H,16,17). The summed E-state index contributed by atoms with van der Waals surface area (Å²) >= 11 is 0. The molecule has 18 heavy (non-hydrogen) atoms. The zero-order chi connectivity index (χ0) is 13.2. The van der Waals surface area contributed by atoms with Crippen LogP contribution in [0.2, 0.25) is 0 Å². The van der Waals surface area contributed by atoms with Gasteiger partial charge in [0.15, 0.2) is 0 Å². The fraction of sp³-hybridized carbons (Fsp3) is 0.462. The maximum Gasteiger partial charge on any atom is 0.303 e. The van der Waals surface area contributed by atoms with Gasteiger partial charge in [-0.1, -0.05) is 6.42 Å². The summed E-state index contributed by atoms with van der Waals surface area (Å²) in [4.78, 5) is 10.3. The van der Waals surface area contributed by atoms with E-state index in [2.05, 4.69) is 10.2 Å². The van der Waals surface area contributed by atoms with Gasteiger partial charge in [0.1, 0.15) is 5.75 Å². The Labute approximate surface area is 107 Å². The number of ether oxygens (including phenoxy) is 1. The smallest absolute Gasteiger partial charge is 0.303 e. The lowest BCUT2D eigenvalue weighted by Crippen LogP contribution is -1.93. The molecule has 0 aliphatic carbocycles. The van der Waals surface area contributed by atoms with Crippen molar-refractivity contribution in [1.82, 2.24) is 0 Å². The fourth-order valence-corrected chi connectivity index (χ4v) is 1.42. The first-order valence-electron chi connectivity index (χ1n) is 5.95. The third-order valence-corrected chi connectivity index (χ3v) is 2.41. The lowest BCUT2D eigenvalue weighted by Gasteiger charge is -1.98. The van der Waals surface area contributed by atoms with Crippen molar-refractivity contribution < 1.29 is 14.6 Å². The molecule has 1 N–H and O–H groups in total. The molecule has 98 valence electrons. The molecule has 0 radical (unpaired) electrons. The first-order valence-corrected chi connectivity index (χ1v) is 5.95. The maximum absolute atomic E-state index is 10.3. The Morgan fingerprint density at radius 3 is 2.56 bits per heavy atom. The Bertz CT molecular complexity index is 388. The van der Waals surface area contributed by atoms with Gasteiger partial charge in [0.25, 0.3) is 0 Å². The highest BCUT2D eigenvalue weighted by molar-refractivity contribution is 5.66. The molecule has 0 amide bonds. The summed E-state index contributed by atoms with van der Waals surface area (Å²) < 4.78 is 5.04. The van der Waals surface area contributed by atoms with E-state index in [1.54, 1.807) is 7.11 Å². The van der Waals surface area contributed by atoms with Crippen LogP contribution < -0.4 is 4.74 Å². The lowest BCUT2D eigenvalue weighted by atomic mass is 10.2. The first-order chi connectivity index (χ1) is 8.72. The Balaban J connectivity index is 2.17. The molecule has 0 aromatic heterocycles. The maximum atomic E-state index is 10.3. The van der Waals surface area contributed by atoms with Gasteiger partial charge in [-0.2, -0.15) is 10.2 Å². The van der Waals surface area contributed by atoms with E-state index in [4.69, 9.17) is 9.84 Å². The largest absolute Gasteiger partial charge is 0.497 e. The highest BCUT2D eigenvalue weighted by atomic mass is 16.5. The van der Waals surface area contributed by atoms with Gasteiger partial charge in [-0.05, 0) is 37.1 Å². The van der Waals surface area contributed by atoms with Crippen LogP contribution in [0.1, 0.15) is 25.7 Å². The van der Waals surface area contributed by atoms with E-state index < -0.39 is 5.97 Å². The number of unbranched alkanes of at least 4 members (excludes halogenated alkanes) is 2. The predicted molar refractivity (Wildman–Crippen MR) is 68.5 cm³/mol. The van der Waals surface area contributed by atoms with Crippen LogP contribution in [-0.2, 0) is 4.79 Å². The van der Waals surface area contributed by atoms with Crippen LogP contribution in [0.3, 0.4) is 0 Å². The zero-order valence-corrected chi connectivity index (χ0v) is 10.5. The highest BCUT2D eigenvalue weighted by Crippen LogP contribution is 2.17. The summed E-state index contributed by atoms with van der Waals surface area (Å²) in [5.41, 5.74) is 0.793. The van der Waals surface area contributed by atoms with Crippen LogP contribution in [-0.4, -0.2) is 24.7 Å². The van der Waals surface area contributed by atoms with E-state index in [0.29, 0.717) is 13.0 Å². The number of carbonyl (C=O) groups is 1. The molecule has 0 saturated heterocycles. The monoisotopic (exact) mass is 250 g/mol. The van der Waals surface area contributed by atoms with E-state index in [1.165, 1.54) is 0 Å². The van der Waals surface area contributed by atoms with E-state index >= 15 is 0 Å². The minimum atomic E-state index is -0.741. The van der Waals surface area contributed by atoms with Crippen LogP contribution in [0, 0.1) is 0 Å². The lowest BCUT2D eigenvalue weighted by molar-refractivity contribution is -0.137. The molecule has 0 aliphatic rings. The summed E-state index contributed by atoms with van der Waals surface area (Å²) in [5.74, 6) is 0.0532. The number of aliphatic carboxylic acids is 1. The van der Waals surface area contributed by atoms with Gasteiger partial charge in [0.2, 0.25) is 0 Å². The number of carboxylic acids is 1. The minimum absolute atomic E-state index is 0.232. The first kappa shape index (κ1) is 14.2. The summed E-state index contributed by atoms with van der Waals surface area (Å²) in [5, 5.41) is 16.6. The average molecular weight is 250 g/mol. The van der Waals surface area contributed by atoms with Crippen molar-refractivity contribution in [1.29, 1.82) is 0 Å².